The summed E-state index contributed by atoms with van der Waals surface area (Å²) in [5, 5.41) is 0. The van der Waals surface area contributed by atoms with E-state index in [1.54, 1.807) is 0 Å². The van der Waals surface area contributed by atoms with E-state index in [1.165, 1.54) is 77.5 Å². The van der Waals surface area contributed by atoms with Crippen LogP contribution in [0, 0.1) is 6.07 Å². The van der Waals surface area contributed by atoms with E-state index in [0.717, 1.165) is 16.8 Å². The summed E-state index contributed by atoms with van der Waals surface area (Å²) in [6.45, 7) is 4.61. The Morgan fingerprint density at radius 1 is 0.522 bits per heavy atom. The largest absolute Gasteiger partial charge is 0.305 e. The SMILES string of the molecule is CCCCC(CCCC)(c1ccccc1)c1ccc(-c2cccc(-c3cccc(-c4cc[c-]c(-c5ccccn5)c4)c3)c2)cc1.[Ir]. The van der Waals surface area contributed by atoms with Gasteiger partial charge in [0.2, 0.25) is 0 Å². The van der Waals surface area contributed by atoms with Crippen LogP contribution in [0.2, 0.25) is 0 Å². The van der Waals surface area contributed by atoms with Crippen LogP contribution in [0.25, 0.3) is 44.6 Å². The number of unbranched alkanes of at least 4 members (excludes halogenated alkanes) is 2. The van der Waals surface area contributed by atoms with Crippen LogP contribution in [0.5, 0.6) is 0 Å². The van der Waals surface area contributed by atoms with Crippen LogP contribution in [-0.4, -0.2) is 4.98 Å². The van der Waals surface area contributed by atoms with Gasteiger partial charge < -0.3 is 4.98 Å². The van der Waals surface area contributed by atoms with Gasteiger partial charge in [0.15, 0.2) is 0 Å². The second kappa shape index (κ2) is 15.9. The maximum atomic E-state index is 4.52. The molecule has 6 rings (SSSR count). The first-order valence-corrected chi connectivity index (χ1v) is 16.5. The van der Waals surface area contributed by atoms with E-state index in [4.69, 9.17) is 0 Å². The van der Waals surface area contributed by atoms with Crippen molar-refractivity contribution < 1.29 is 20.1 Å². The molecule has 5 aromatic carbocycles. The molecule has 0 spiro atoms. The number of hydrogen-bond donors (Lipinski definition) is 0. The predicted octanol–water partition coefficient (Wildman–Crippen LogP) is 12.2. The zero-order valence-electron chi connectivity index (χ0n) is 26.9. The zero-order valence-corrected chi connectivity index (χ0v) is 29.3. The van der Waals surface area contributed by atoms with Crippen LogP contribution in [0.15, 0.2) is 146 Å². The van der Waals surface area contributed by atoms with E-state index >= 15 is 0 Å². The van der Waals surface area contributed by atoms with Crippen molar-refractivity contribution in [1.29, 1.82) is 0 Å². The molecule has 233 valence electrons. The number of aromatic nitrogens is 1. The minimum Gasteiger partial charge on any atom is -0.305 e. The fourth-order valence-corrected chi connectivity index (χ4v) is 6.64. The number of hydrogen-bond acceptors (Lipinski definition) is 1. The molecule has 1 nitrogen and oxygen atoms in total. The molecule has 46 heavy (non-hydrogen) atoms. The van der Waals surface area contributed by atoms with Crippen molar-refractivity contribution in [2.24, 2.45) is 0 Å². The van der Waals surface area contributed by atoms with Crippen LogP contribution in [-0.2, 0) is 25.5 Å². The van der Waals surface area contributed by atoms with E-state index < -0.39 is 0 Å². The smallest absolute Gasteiger partial charge is 0.0202 e. The van der Waals surface area contributed by atoms with E-state index in [1.807, 2.05) is 30.5 Å². The average molecular weight is 777 g/mol. The quantitative estimate of drug-likeness (QED) is 0.113. The molecule has 1 radical (unpaired) electrons. The number of rotatable bonds is 12. The van der Waals surface area contributed by atoms with Crippen molar-refractivity contribution in [3.8, 4) is 44.6 Å². The van der Waals surface area contributed by atoms with Crippen molar-refractivity contribution in [1.82, 2.24) is 4.98 Å². The predicted molar refractivity (Wildman–Crippen MR) is 191 cm³/mol. The summed E-state index contributed by atoms with van der Waals surface area (Å²) in [5.41, 5.74) is 12.2. The normalized spacial score (nSPS) is 11.2. The van der Waals surface area contributed by atoms with Gasteiger partial charge in [0, 0.05) is 31.7 Å². The molecule has 0 saturated heterocycles. The Bertz CT molecular complexity index is 1800. The molecular weight excluding hydrogens is 735 g/mol. The van der Waals surface area contributed by atoms with Crippen LogP contribution in [0.1, 0.15) is 63.5 Å². The summed E-state index contributed by atoms with van der Waals surface area (Å²) in [6, 6.07) is 54.1. The minimum absolute atomic E-state index is 0. The Labute approximate surface area is 289 Å². The van der Waals surface area contributed by atoms with Crippen molar-refractivity contribution in [3.63, 3.8) is 0 Å². The summed E-state index contributed by atoms with van der Waals surface area (Å²) in [5.74, 6) is 0. The summed E-state index contributed by atoms with van der Waals surface area (Å²) < 4.78 is 0. The number of pyridine rings is 1. The first-order chi connectivity index (χ1) is 22.2. The number of nitrogens with zero attached hydrogens (tertiary/aromatic N) is 1. The summed E-state index contributed by atoms with van der Waals surface area (Å²) >= 11 is 0. The third-order valence-corrected chi connectivity index (χ3v) is 9.15. The molecule has 0 unspecified atom stereocenters. The van der Waals surface area contributed by atoms with Crippen LogP contribution in [0.4, 0.5) is 0 Å². The van der Waals surface area contributed by atoms with Gasteiger partial charge in [-0.1, -0.05) is 143 Å². The molecule has 2 heteroatoms. The Morgan fingerprint density at radius 3 is 1.63 bits per heavy atom. The average Bonchev–Trinajstić information content (AvgIpc) is 3.13. The second-order valence-electron chi connectivity index (χ2n) is 12.1. The van der Waals surface area contributed by atoms with Crippen molar-refractivity contribution in [2.75, 3.05) is 0 Å². The molecule has 0 aliphatic rings. The van der Waals surface area contributed by atoms with Gasteiger partial charge in [0.1, 0.15) is 0 Å². The van der Waals surface area contributed by atoms with E-state index in [2.05, 4.69) is 140 Å². The standard InChI is InChI=1S/C44H42N.Ir/c1-3-5-28-44(29-6-4-2,41-21-8-7-9-22-41)42-26-24-34(25-27-42)35-15-12-16-36(31-35)37-17-13-18-38(32-37)39-19-14-20-40(33-39)43-23-10-11-30-45-43;/h7-19,21-27,30-33H,3-6,28-29H2,1-2H3;/q-1;. The van der Waals surface area contributed by atoms with Gasteiger partial charge >= 0.3 is 0 Å². The fraction of sp³-hybridized carbons (Fsp3) is 0.205. The summed E-state index contributed by atoms with van der Waals surface area (Å²) in [7, 11) is 0. The van der Waals surface area contributed by atoms with Gasteiger partial charge in [-0.3, -0.25) is 0 Å². The fourth-order valence-electron chi connectivity index (χ4n) is 6.64. The molecule has 0 saturated carbocycles. The van der Waals surface area contributed by atoms with Gasteiger partial charge in [0.25, 0.3) is 0 Å². The third kappa shape index (κ3) is 7.47. The topological polar surface area (TPSA) is 12.9 Å². The molecule has 0 N–H and O–H groups in total. The van der Waals surface area contributed by atoms with E-state index in [9.17, 15) is 0 Å². The first-order valence-electron chi connectivity index (χ1n) is 16.5. The third-order valence-electron chi connectivity index (χ3n) is 9.15. The van der Waals surface area contributed by atoms with Gasteiger partial charge in [-0.05, 0) is 75.7 Å². The molecule has 0 aliphatic heterocycles. The molecule has 0 amide bonds. The maximum absolute atomic E-state index is 4.52. The monoisotopic (exact) mass is 777 g/mol. The maximum Gasteiger partial charge on any atom is 0.0202 e. The number of benzene rings is 5. The van der Waals surface area contributed by atoms with Crippen LogP contribution in [0.3, 0.4) is 0 Å². The van der Waals surface area contributed by atoms with E-state index in [-0.39, 0.29) is 25.5 Å². The summed E-state index contributed by atoms with van der Waals surface area (Å²) in [6.07, 6.45) is 9.07. The van der Waals surface area contributed by atoms with Crippen LogP contribution >= 0.6 is 0 Å². The molecule has 0 fully saturated rings. The Morgan fingerprint density at radius 2 is 1.07 bits per heavy atom. The molecule has 0 atom stereocenters. The van der Waals surface area contributed by atoms with Crippen molar-refractivity contribution in [3.05, 3.63) is 163 Å². The Kier molecular flexibility index (Phi) is 11.5. The second-order valence-corrected chi connectivity index (χ2v) is 12.1. The van der Waals surface area contributed by atoms with Gasteiger partial charge in [-0.15, -0.1) is 35.4 Å². The molecule has 0 aliphatic carbocycles. The molecule has 0 bridgehead atoms. The molecular formula is C44H42IrN-. The Hall–Kier alpha value is -4.10. The molecule has 1 aromatic heterocycles. The van der Waals surface area contributed by atoms with Gasteiger partial charge in [0.05, 0.1) is 0 Å². The van der Waals surface area contributed by atoms with Crippen molar-refractivity contribution in [2.45, 2.75) is 57.8 Å². The molecule has 6 aromatic rings. The summed E-state index contributed by atoms with van der Waals surface area (Å²) in [4.78, 5) is 4.52. The van der Waals surface area contributed by atoms with Gasteiger partial charge in [-0.25, -0.2) is 0 Å². The Balaban J connectivity index is 0.00000417. The van der Waals surface area contributed by atoms with Gasteiger partial charge in [-0.2, -0.15) is 0 Å². The first kappa shape index (κ1) is 33.3. The van der Waals surface area contributed by atoms with Crippen molar-refractivity contribution >= 4 is 0 Å². The zero-order chi connectivity index (χ0) is 30.9. The molecule has 1 heterocycles. The van der Waals surface area contributed by atoms with Crippen LogP contribution < -0.4 is 0 Å². The minimum atomic E-state index is 0. The van der Waals surface area contributed by atoms with E-state index in [0.29, 0.717) is 0 Å².